The summed E-state index contributed by atoms with van der Waals surface area (Å²) in [6, 6.07) is 13.6. The zero-order chi connectivity index (χ0) is 25.3. The number of benzene rings is 2. The fraction of sp³-hybridized carbons (Fsp3) is 0.407. The van der Waals surface area contributed by atoms with Gasteiger partial charge in [0.25, 0.3) is 0 Å². The van der Waals surface area contributed by atoms with Crippen LogP contribution >= 0.6 is 23.2 Å². The van der Waals surface area contributed by atoms with Gasteiger partial charge in [0.1, 0.15) is 5.60 Å². The number of ether oxygens (including phenoxy) is 1. The van der Waals surface area contributed by atoms with Crippen molar-refractivity contribution in [2.24, 2.45) is 7.05 Å². The van der Waals surface area contributed by atoms with E-state index in [1.807, 2.05) is 75.2 Å². The van der Waals surface area contributed by atoms with Gasteiger partial charge in [-0.2, -0.15) is 0 Å². The average molecular weight is 516 g/mol. The third-order valence-corrected chi connectivity index (χ3v) is 6.74. The van der Waals surface area contributed by atoms with Gasteiger partial charge in [-0.05, 0) is 68.7 Å². The number of hydrogen-bond acceptors (Lipinski definition) is 3. The molecule has 1 aliphatic heterocycles. The van der Waals surface area contributed by atoms with Crippen molar-refractivity contribution in [3.8, 4) is 11.3 Å². The highest BCUT2D eigenvalue weighted by atomic mass is 35.5. The number of hydrogen-bond donors (Lipinski definition) is 0. The molecule has 0 bridgehead atoms. The quantitative estimate of drug-likeness (QED) is 0.417. The molecule has 0 N–H and O–H groups in total. The largest absolute Gasteiger partial charge is 0.444 e. The Morgan fingerprint density at radius 1 is 0.914 bits per heavy atom. The number of halogens is 2. The number of amides is 2. The Bertz CT molecular complexity index is 1240. The van der Waals surface area contributed by atoms with E-state index < -0.39 is 5.60 Å². The Kier molecular flexibility index (Phi) is 7.34. The fourth-order valence-electron chi connectivity index (χ4n) is 4.58. The minimum atomic E-state index is -0.535. The molecule has 3 aromatic rings. The first-order valence-electron chi connectivity index (χ1n) is 11.8. The van der Waals surface area contributed by atoms with Gasteiger partial charge < -0.3 is 19.1 Å². The summed E-state index contributed by atoms with van der Waals surface area (Å²) in [7, 11) is 2.03. The van der Waals surface area contributed by atoms with E-state index in [4.69, 9.17) is 27.9 Å². The van der Waals surface area contributed by atoms with Gasteiger partial charge >= 0.3 is 6.09 Å². The zero-order valence-electron chi connectivity index (χ0n) is 20.6. The topological polar surface area (TPSA) is 54.8 Å². The molecule has 186 valence electrons. The highest BCUT2D eigenvalue weighted by Crippen LogP contribution is 2.36. The van der Waals surface area contributed by atoms with E-state index >= 15 is 0 Å². The van der Waals surface area contributed by atoms with Gasteiger partial charge in [-0.1, -0.05) is 35.3 Å². The lowest BCUT2D eigenvalue weighted by Crippen LogP contribution is -2.51. The van der Waals surface area contributed by atoms with Crippen LogP contribution < -0.4 is 0 Å². The smallest absolute Gasteiger partial charge is 0.410 e. The Morgan fingerprint density at radius 3 is 2.14 bits per heavy atom. The highest BCUT2D eigenvalue weighted by Gasteiger charge is 2.28. The van der Waals surface area contributed by atoms with E-state index in [2.05, 4.69) is 4.57 Å². The van der Waals surface area contributed by atoms with Crippen molar-refractivity contribution in [1.82, 2.24) is 14.4 Å². The molecule has 0 aliphatic carbocycles. The predicted octanol–water partition coefficient (Wildman–Crippen LogP) is 6.16. The third kappa shape index (κ3) is 5.76. The van der Waals surface area contributed by atoms with Crippen LogP contribution in [0.1, 0.15) is 32.8 Å². The lowest BCUT2D eigenvalue weighted by Gasteiger charge is -2.35. The third-order valence-electron chi connectivity index (χ3n) is 6.26. The van der Waals surface area contributed by atoms with Gasteiger partial charge in [0.15, 0.2) is 0 Å². The number of fused-ring (bicyclic) bond motifs is 1. The first kappa shape index (κ1) is 25.4. The summed E-state index contributed by atoms with van der Waals surface area (Å²) in [5, 5.41) is 2.39. The van der Waals surface area contributed by atoms with Crippen molar-refractivity contribution in [1.29, 1.82) is 0 Å². The summed E-state index contributed by atoms with van der Waals surface area (Å²) >= 11 is 12.5. The molecule has 1 aliphatic rings. The summed E-state index contributed by atoms with van der Waals surface area (Å²) < 4.78 is 7.60. The van der Waals surface area contributed by atoms with E-state index in [-0.39, 0.29) is 12.0 Å². The average Bonchev–Trinajstić information content (AvgIpc) is 3.07. The zero-order valence-corrected chi connectivity index (χ0v) is 22.1. The predicted molar refractivity (Wildman–Crippen MR) is 141 cm³/mol. The second-order valence-electron chi connectivity index (χ2n) is 9.90. The van der Waals surface area contributed by atoms with Crippen LogP contribution in [0.25, 0.3) is 22.2 Å². The summed E-state index contributed by atoms with van der Waals surface area (Å²) in [5.74, 6) is 0.0786. The monoisotopic (exact) mass is 515 g/mol. The van der Waals surface area contributed by atoms with E-state index in [1.54, 1.807) is 4.90 Å². The maximum Gasteiger partial charge on any atom is 0.410 e. The van der Waals surface area contributed by atoms with Gasteiger partial charge in [0.2, 0.25) is 5.91 Å². The summed E-state index contributed by atoms with van der Waals surface area (Å²) in [6.07, 6.45) is 0.629. The van der Waals surface area contributed by atoms with Crippen LogP contribution in [0.4, 0.5) is 4.79 Å². The van der Waals surface area contributed by atoms with E-state index in [1.165, 1.54) is 0 Å². The van der Waals surface area contributed by atoms with Gasteiger partial charge in [-0.25, -0.2) is 4.79 Å². The van der Waals surface area contributed by atoms with Crippen molar-refractivity contribution in [3.63, 3.8) is 0 Å². The molecular formula is C27H31Cl2N3O3. The molecule has 1 fully saturated rings. The Balaban J connectivity index is 1.50. The number of piperazine rings is 1. The first-order valence-corrected chi connectivity index (χ1v) is 12.6. The molecule has 35 heavy (non-hydrogen) atoms. The Labute approximate surface area is 216 Å². The molecule has 4 rings (SSSR count). The van der Waals surface area contributed by atoms with Crippen LogP contribution in [-0.2, 0) is 23.0 Å². The van der Waals surface area contributed by atoms with E-state index in [0.29, 0.717) is 49.1 Å². The molecule has 2 aromatic carbocycles. The lowest BCUT2D eigenvalue weighted by atomic mass is 10.0. The van der Waals surface area contributed by atoms with Crippen LogP contribution in [0, 0.1) is 0 Å². The van der Waals surface area contributed by atoms with Gasteiger partial charge in [-0.3, -0.25) is 4.79 Å². The maximum absolute atomic E-state index is 13.1. The minimum absolute atomic E-state index is 0.0786. The van der Waals surface area contributed by atoms with Gasteiger partial charge in [0, 0.05) is 60.6 Å². The molecule has 1 aromatic heterocycles. The van der Waals surface area contributed by atoms with Crippen molar-refractivity contribution < 1.29 is 14.3 Å². The number of carbonyl (C=O) groups is 2. The van der Waals surface area contributed by atoms with Crippen LogP contribution in [0.3, 0.4) is 0 Å². The first-order chi connectivity index (χ1) is 16.5. The van der Waals surface area contributed by atoms with E-state index in [0.717, 1.165) is 27.7 Å². The molecule has 0 radical (unpaired) electrons. The molecule has 0 unspecified atom stereocenters. The Morgan fingerprint density at radius 2 is 1.51 bits per heavy atom. The Hall–Kier alpha value is -2.70. The van der Waals surface area contributed by atoms with Gasteiger partial charge in [-0.15, -0.1) is 0 Å². The maximum atomic E-state index is 13.1. The van der Waals surface area contributed by atoms with Crippen LogP contribution in [-0.4, -0.2) is 58.1 Å². The molecule has 0 spiro atoms. The molecule has 8 heteroatoms. The molecule has 1 saturated heterocycles. The van der Waals surface area contributed by atoms with Gasteiger partial charge in [0.05, 0.1) is 5.69 Å². The normalized spacial score (nSPS) is 14.5. The summed E-state index contributed by atoms with van der Waals surface area (Å²) in [4.78, 5) is 28.9. The van der Waals surface area contributed by atoms with E-state index in [9.17, 15) is 9.59 Å². The van der Waals surface area contributed by atoms with Crippen molar-refractivity contribution in [3.05, 3.63) is 58.1 Å². The minimum Gasteiger partial charge on any atom is -0.444 e. The molecule has 2 amide bonds. The van der Waals surface area contributed by atoms with Crippen molar-refractivity contribution >= 4 is 46.1 Å². The number of rotatable bonds is 4. The summed E-state index contributed by atoms with van der Waals surface area (Å²) in [5.41, 5.74) is 3.72. The summed E-state index contributed by atoms with van der Waals surface area (Å²) in [6.45, 7) is 7.50. The lowest BCUT2D eigenvalue weighted by molar-refractivity contribution is -0.132. The second kappa shape index (κ2) is 10.1. The number of aromatic nitrogens is 1. The number of carbonyl (C=O) groups excluding carboxylic acids is 2. The fourth-order valence-corrected chi connectivity index (χ4v) is 4.87. The second-order valence-corrected chi connectivity index (χ2v) is 10.8. The number of nitrogens with zero attached hydrogens (tertiary/aromatic N) is 3. The van der Waals surface area contributed by atoms with Crippen LogP contribution in [0.5, 0.6) is 0 Å². The van der Waals surface area contributed by atoms with Crippen molar-refractivity contribution in [2.45, 2.75) is 39.2 Å². The number of aryl methyl sites for hydroxylation is 2. The van der Waals surface area contributed by atoms with Crippen LogP contribution in [0.15, 0.2) is 42.5 Å². The molecular weight excluding hydrogens is 485 g/mol. The molecule has 6 nitrogen and oxygen atoms in total. The van der Waals surface area contributed by atoms with Crippen LogP contribution in [0.2, 0.25) is 10.0 Å². The standard InChI is InChI=1S/C27H31Cl2N3O3/c1-27(2,3)35-26(34)32-15-13-31(14-16-32)24(33)12-10-21-22-17-20(29)9-11-23(22)30(4)25(21)18-5-7-19(28)8-6-18/h5-9,11,17H,10,12-16H2,1-4H3. The molecule has 2 heterocycles. The molecule has 0 atom stereocenters. The van der Waals surface area contributed by atoms with Crippen molar-refractivity contribution in [2.75, 3.05) is 26.2 Å². The SMILES string of the molecule is Cn1c(-c2ccc(Cl)cc2)c(CCC(=O)N2CCN(C(=O)OC(C)(C)C)CC2)c2cc(Cl)ccc21. The highest BCUT2D eigenvalue weighted by molar-refractivity contribution is 6.31. The molecule has 0 saturated carbocycles.